The number of anilines is 1. The number of nitrogens with two attached hydrogens (primary N) is 1. The summed E-state index contributed by atoms with van der Waals surface area (Å²) in [6.45, 7) is 3.75. The lowest BCUT2D eigenvalue weighted by molar-refractivity contribution is -0.687. The molecule has 36 heavy (non-hydrogen) atoms. The molecule has 3 aromatic heterocycles. The highest BCUT2D eigenvalue weighted by molar-refractivity contribution is 8.00. The maximum atomic E-state index is 13.0. The molecule has 188 valence electrons. The number of carbonyl (C=O) groups is 3. The van der Waals surface area contributed by atoms with E-state index in [9.17, 15) is 19.5 Å². The third-order valence-corrected chi connectivity index (χ3v) is 8.04. The second-order valence-electron chi connectivity index (χ2n) is 8.22. The van der Waals surface area contributed by atoms with Crippen LogP contribution in [-0.2, 0) is 25.8 Å². The molecule has 13 nitrogen and oxygen atoms in total. The van der Waals surface area contributed by atoms with Gasteiger partial charge in [-0.05, 0) is 13.8 Å². The Labute approximate surface area is 216 Å². The Bertz CT molecular complexity index is 1390. The van der Waals surface area contributed by atoms with E-state index >= 15 is 0 Å². The van der Waals surface area contributed by atoms with Crippen molar-refractivity contribution >= 4 is 68.1 Å². The predicted octanol–water partition coefficient (Wildman–Crippen LogP) is -1.04. The fourth-order valence-corrected chi connectivity index (χ4v) is 6.34. The number of hydrogen-bond acceptors (Lipinski definition) is 12. The van der Waals surface area contributed by atoms with Crippen molar-refractivity contribution in [1.82, 2.24) is 24.0 Å². The largest absolute Gasteiger partial charge is 0.543 e. The summed E-state index contributed by atoms with van der Waals surface area (Å²) in [6.07, 6.45) is 5.34. The summed E-state index contributed by atoms with van der Waals surface area (Å²) in [6, 6.07) is -0.967. The van der Waals surface area contributed by atoms with Crippen LogP contribution in [0.15, 0.2) is 40.5 Å². The Kier molecular flexibility index (Phi) is 6.40. The number of aromatic nitrogens is 4. The van der Waals surface area contributed by atoms with Gasteiger partial charge in [0, 0.05) is 28.2 Å². The van der Waals surface area contributed by atoms with E-state index in [0.29, 0.717) is 17.9 Å². The third kappa shape index (κ3) is 4.42. The van der Waals surface area contributed by atoms with Crippen LogP contribution in [0.3, 0.4) is 0 Å². The van der Waals surface area contributed by atoms with Crippen LogP contribution in [0.25, 0.3) is 4.83 Å². The van der Waals surface area contributed by atoms with E-state index in [0.717, 1.165) is 16.4 Å². The maximum absolute atomic E-state index is 13.0. The minimum absolute atomic E-state index is 0.0299. The van der Waals surface area contributed by atoms with Crippen LogP contribution in [0.4, 0.5) is 5.13 Å². The molecule has 0 saturated carbocycles. The maximum Gasteiger partial charge on any atom is 0.278 e. The predicted molar refractivity (Wildman–Crippen MR) is 130 cm³/mol. The first-order valence-electron chi connectivity index (χ1n) is 10.7. The number of aliphatic carboxylic acids is 1. The molecule has 5 rings (SSSR count). The van der Waals surface area contributed by atoms with Gasteiger partial charge in [0.1, 0.15) is 36.5 Å². The Balaban J connectivity index is 1.35. The number of carbonyl (C=O) groups excluding carboxylic acids is 3. The summed E-state index contributed by atoms with van der Waals surface area (Å²) in [5.41, 5.74) is 5.78. The number of β-lactam (4-membered cyclic amide) rings is 1. The van der Waals surface area contributed by atoms with E-state index in [2.05, 4.69) is 19.8 Å². The first kappa shape index (κ1) is 24.2. The summed E-state index contributed by atoms with van der Waals surface area (Å²) in [5.74, 6) is -2.42. The fraction of sp³-hybridized carbons (Fsp3) is 0.350. The zero-order valence-corrected chi connectivity index (χ0v) is 21.4. The van der Waals surface area contributed by atoms with Crippen molar-refractivity contribution in [3.8, 4) is 0 Å². The van der Waals surface area contributed by atoms with Gasteiger partial charge in [0.25, 0.3) is 11.8 Å². The minimum Gasteiger partial charge on any atom is -0.543 e. The number of nitrogens with zero attached hydrogens (tertiary/aromatic N) is 6. The standard InChI is InChI=1S/C20H20N8O5S3/c1-9(2)33-24-12(15-23-20(21)36-25-15)16(29)22-13-17(30)28-14(19(31)32)10(7-35-18(13)28)5-26-6-11-27(8-26)3-4-34-11/h3-4,6,8-9,13,18H,5,7H2,1-2H3,(H3-,21,22,23,25,29,31,32)/b24-12-/t13-,18-/m1/s1. The van der Waals surface area contributed by atoms with E-state index in [4.69, 9.17) is 10.6 Å². The molecule has 2 aliphatic rings. The second kappa shape index (κ2) is 9.51. The van der Waals surface area contributed by atoms with Crippen LogP contribution in [0.1, 0.15) is 19.7 Å². The summed E-state index contributed by atoms with van der Waals surface area (Å²) in [4.78, 5) is 49.4. The quantitative estimate of drug-likeness (QED) is 0.154. The number of thiazole rings is 1. The molecular weight excluding hydrogens is 528 g/mol. The summed E-state index contributed by atoms with van der Waals surface area (Å²) in [7, 11) is 0. The topological polar surface area (TPSA) is 171 Å². The molecule has 0 aromatic carbocycles. The van der Waals surface area contributed by atoms with Gasteiger partial charge in [0.15, 0.2) is 5.13 Å². The average Bonchev–Trinajstić information content (AvgIpc) is 3.53. The molecule has 16 heteroatoms. The lowest BCUT2D eigenvalue weighted by Gasteiger charge is -2.50. The van der Waals surface area contributed by atoms with Gasteiger partial charge in [-0.15, -0.1) is 11.8 Å². The number of hydrogen-bond donors (Lipinski definition) is 2. The summed E-state index contributed by atoms with van der Waals surface area (Å²) >= 11 is 3.80. The Morgan fingerprint density at radius 1 is 1.44 bits per heavy atom. The molecule has 5 heterocycles. The Hall–Kier alpha value is -3.50. The van der Waals surface area contributed by atoms with Crippen LogP contribution in [0.2, 0.25) is 0 Å². The van der Waals surface area contributed by atoms with E-state index in [-0.39, 0.29) is 28.5 Å². The van der Waals surface area contributed by atoms with Crippen LogP contribution in [-0.4, -0.2) is 65.4 Å². The van der Waals surface area contributed by atoms with Gasteiger partial charge in [-0.2, -0.15) is 13.8 Å². The molecule has 1 saturated heterocycles. The molecule has 0 aliphatic carbocycles. The smallest absolute Gasteiger partial charge is 0.278 e. The van der Waals surface area contributed by atoms with Crippen molar-refractivity contribution in [2.45, 2.75) is 37.9 Å². The van der Waals surface area contributed by atoms with Crippen molar-refractivity contribution < 1.29 is 28.9 Å². The third-order valence-electron chi connectivity index (χ3n) is 5.34. The van der Waals surface area contributed by atoms with Gasteiger partial charge >= 0.3 is 0 Å². The molecule has 3 N–H and O–H groups in total. The number of nitrogen functional groups attached to an aromatic ring is 1. The first-order valence-corrected chi connectivity index (χ1v) is 13.4. The summed E-state index contributed by atoms with van der Waals surface area (Å²) in [5, 5.41) is 20.0. The molecule has 0 radical (unpaired) electrons. The van der Waals surface area contributed by atoms with Crippen molar-refractivity contribution in [3.05, 3.63) is 41.2 Å². The van der Waals surface area contributed by atoms with E-state index < -0.39 is 29.2 Å². The Morgan fingerprint density at radius 2 is 2.25 bits per heavy atom. The number of fused-ring (bicyclic) bond motifs is 2. The van der Waals surface area contributed by atoms with E-state index in [1.54, 1.807) is 25.2 Å². The average molecular weight is 549 g/mol. The van der Waals surface area contributed by atoms with Crippen molar-refractivity contribution in [2.24, 2.45) is 5.16 Å². The van der Waals surface area contributed by atoms with Crippen LogP contribution >= 0.6 is 34.6 Å². The van der Waals surface area contributed by atoms with Gasteiger partial charge in [0.2, 0.25) is 22.7 Å². The highest BCUT2D eigenvalue weighted by atomic mass is 32.2. The molecule has 0 bridgehead atoms. The second-order valence-corrected chi connectivity index (χ2v) is 11.0. The highest BCUT2D eigenvalue weighted by Gasteiger charge is 2.53. The number of carboxylic acids is 1. The SMILES string of the molecule is CC(C)O/N=C(\C(=O)N[C@@H]1C(=O)N2C(C(=O)[O-])=C(C[n+]3cc4sccn4c3)CS[C@H]12)c1nsc(N)n1. The van der Waals surface area contributed by atoms with Crippen LogP contribution < -0.4 is 20.7 Å². The molecular formula is C20H20N8O5S3. The Morgan fingerprint density at radius 3 is 2.92 bits per heavy atom. The number of rotatable bonds is 8. The molecule has 1 fully saturated rings. The molecule has 2 atom stereocenters. The molecule has 0 spiro atoms. The summed E-state index contributed by atoms with van der Waals surface area (Å²) < 4.78 is 7.79. The van der Waals surface area contributed by atoms with E-state index in [1.807, 2.05) is 33.1 Å². The number of amides is 2. The molecule has 2 amide bonds. The zero-order valence-electron chi connectivity index (χ0n) is 19.0. The van der Waals surface area contributed by atoms with Gasteiger partial charge in [0.05, 0.1) is 11.7 Å². The monoisotopic (exact) mass is 548 g/mol. The molecule has 2 aliphatic heterocycles. The number of oxime groups is 1. The van der Waals surface area contributed by atoms with E-state index in [1.165, 1.54) is 16.7 Å². The number of imidazole rings is 1. The van der Waals surface area contributed by atoms with Gasteiger partial charge < -0.3 is 25.8 Å². The van der Waals surface area contributed by atoms with Crippen LogP contribution in [0, 0.1) is 0 Å². The van der Waals surface area contributed by atoms with Gasteiger partial charge in [-0.1, -0.05) is 16.5 Å². The highest BCUT2D eigenvalue weighted by Crippen LogP contribution is 2.40. The minimum atomic E-state index is -1.44. The lowest BCUT2D eigenvalue weighted by Crippen LogP contribution is -2.71. The lowest BCUT2D eigenvalue weighted by atomic mass is 10.0. The molecule has 3 aromatic rings. The number of carboxylic acid groups (broad SMARTS) is 1. The van der Waals surface area contributed by atoms with Gasteiger partial charge in [-0.3, -0.25) is 14.5 Å². The molecule has 0 unspecified atom stereocenters. The van der Waals surface area contributed by atoms with Crippen LogP contribution in [0.5, 0.6) is 0 Å². The number of nitrogens with one attached hydrogen (secondary N) is 1. The van der Waals surface area contributed by atoms with Crippen molar-refractivity contribution in [2.75, 3.05) is 11.5 Å². The normalized spacial score (nSPS) is 20.0. The zero-order chi connectivity index (χ0) is 25.6. The van der Waals surface area contributed by atoms with Crippen molar-refractivity contribution in [1.29, 1.82) is 0 Å². The number of thioether (sulfide) groups is 1. The first-order chi connectivity index (χ1) is 17.2. The fourth-order valence-electron chi connectivity index (χ4n) is 3.81. The van der Waals surface area contributed by atoms with Crippen molar-refractivity contribution in [3.63, 3.8) is 0 Å². The van der Waals surface area contributed by atoms with Gasteiger partial charge in [-0.25, -0.2) is 4.57 Å².